The van der Waals surface area contributed by atoms with Crippen molar-refractivity contribution in [3.8, 4) is 0 Å². The molecule has 4 heteroatoms. The molecule has 4 aliphatic carbocycles. The number of hydrogen-bond acceptors (Lipinski definition) is 3. The highest BCUT2D eigenvalue weighted by Gasteiger charge is 2.59. The number of ketones is 1. The van der Waals surface area contributed by atoms with E-state index in [1.54, 1.807) is 11.1 Å². The molecule has 1 spiro atoms. The SMILES string of the molecule is CC1=C2C[C@H]3[C@@H](CCC4=CC(=O)CC[C@@]43C)[C@@H]2CCC2(C1)O[C@@H]1C[C@H](C)CN(CCCl)[C@H]1[C@H]2C. The van der Waals surface area contributed by atoms with Crippen molar-refractivity contribution in [2.75, 3.05) is 19.0 Å². The van der Waals surface area contributed by atoms with Crippen LogP contribution in [0.4, 0.5) is 0 Å². The number of nitrogens with zero attached hydrogens (tertiary/aromatic N) is 1. The van der Waals surface area contributed by atoms with Crippen molar-refractivity contribution in [2.45, 2.75) is 103 Å². The van der Waals surface area contributed by atoms with E-state index < -0.39 is 0 Å². The Bertz CT molecular complexity index is 925. The van der Waals surface area contributed by atoms with Crippen LogP contribution in [-0.2, 0) is 9.53 Å². The van der Waals surface area contributed by atoms with Gasteiger partial charge in [-0.1, -0.05) is 37.5 Å². The number of allylic oxidation sites excluding steroid dienone is 3. The monoisotopic (exact) mass is 485 g/mol. The molecule has 188 valence electrons. The molecule has 9 atom stereocenters. The van der Waals surface area contributed by atoms with Crippen LogP contribution in [0.25, 0.3) is 0 Å². The van der Waals surface area contributed by atoms with Crippen molar-refractivity contribution in [3.63, 3.8) is 0 Å². The van der Waals surface area contributed by atoms with Gasteiger partial charge in [0.05, 0.1) is 11.7 Å². The van der Waals surface area contributed by atoms with E-state index in [0.29, 0.717) is 35.6 Å². The van der Waals surface area contributed by atoms with Crippen LogP contribution in [0.1, 0.15) is 85.5 Å². The van der Waals surface area contributed by atoms with Gasteiger partial charge in [-0.15, -0.1) is 11.6 Å². The van der Waals surface area contributed by atoms with Gasteiger partial charge in [-0.05, 0) is 93.5 Å². The summed E-state index contributed by atoms with van der Waals surface area (Å²) in [5.74, 6) is 4.57. The first kappa shape index (κ1) is 23.7. The second kappa shape index (κ2) is 8.45. The Morgan fingerprint density at radius 1 is 1.21 bits per heavy atom. The van der Waals surface area contributed by atoms with Crippen molar-refractivity contribution in [2.24, 2.45) is 35.0 Å². The third-order valence-corrected chi connectivity index (χ3v) is 11.7. The van der Waals surface area contributed by atoms with E-state index in [4.69, 9.17) is 16.3 Å². The Kier molecular flexibility index (Phi) is 5.90. The predicted octanol–water partition coefficient (Wildman–Crippen LogP) is 6.55. The summed E-state index contributed by atoms with van der Waals surface area (Å²) in [6.07, 6.45) is 12.7. The summed E-state index contributed by atoms with van der Waals surface area (Å²) in [6, 6.07) is 0.527. The highest BCUT2D eigenvalue weighted by molar-refractivity contribution is 6.18. The number of rotatable bonds is 2. The average Bonchev–Trinajstić information content (AvgIpc) is 3.25. The van der Waals surface area contributed by atoms with Gasteiger partial charge in [0, 0.05) is 37.4 Å². The fraction of sp³-hybridized carbons (Fsp3) is 0.833. The molecule has 1 unspecified atom stereocenters. The summed E-state index contributed by atoms with van der Waals surface area (Å²) in [6.45, 7) is 12.0. The predicted molar refractivity (Wildman–Crippen MR) is 138 cm³/mol. The molecule has 0 radical (unpaired) electrons. The molecular weight excluding hydrogens is 442 g/mol. The number of alkyl halides is 1. The van der Waals surface area contributed by atoms with E-state index in [9.17, 15) is 4.79 Å². The van der Waals surface area contributed by atoms with Crippen LogP contribution in [0.2, 0.25) is 0 Å². The Morgan fingerprint density at radius 3 is 2.82 bits per heavy atom. The van der Waals surface area contributed by atoms with E-state index in [1.165, 1.54) is 44.2 Å². The molecule has 6 aliphatic rings. The van der Waals surface area contributed by atoms with Crippen LogP contribution in [-0.4, -0.2) is 47.4 Å². The Labute approximate surface area is 211 Å². The number of ether oxygens (including phenoxy) is 1. The molecule has 2 heterocycles. The number of halogens is 1. The Morgan fingerprint density at radius 2 is 2.03 bits per heavy atom. The van der Waals surface area contributed by atoms with Crippen LogP contribution in [0, 0.1) is 35.0 Å². The Balaban J connectivity index is 1.29. The molecule has 0 N–H and O–H groups in total. The average molecular weight is 486 g/mol. The quantitative estimate of drug-likeness (QED) is 0.328. The van der Waals surface area contributed by atoms with Crippen LogP contribution in [0.15, 0.2) is 22.8 Å². The van der Waals surface area contributed by atoms with Crippen LogP contribution < -0.4 is 0 Å². The van der Waals surface area contributed by atoms with E-state index >= 15 is 0 Å². The number of piperidine rings is 1. The Hall–Kier alpha value is -0.640. The van der Waals surface area contributed by atoms with E-state index in [2.05, 4.69) is 32.6 Å². The molecule has 34 heavy (non-hydrogen) atoms. The molecule has 0 bridgehead atoms. The standard InChI is InChI=1S/C30H44ClNO2/c1-18-13-27-28(32(17-18)12-11-31)20(3)30(34-27)10-8-23-24-6-5-21-14-22(33)7-9-29(21,4)26(24)15-25(23)19(2)16-30/h14,18,20,23-24,26-28H,5-13,15-17H2,1-4H3/t18-,20+,23-,24-,26-,27+,28-,29-,30?/m0/s1. The minimum atomic E-state index is 0.00175. The lowest BCUT2D eigenvalue weighted by Crippen LogP contribution is -2.52. The molecule has 0 aromatic rings. The highest BCUT2D eigenvalue weighted by atomic mass is 35.5. The first-order valence-electron chi connectivity index (χ1n) is 14.2. The molecule has 2 saturated heterocycles. The molecule has 6 rings (SSSR count). The summed E-state index contributed by atoms with van der Waals surface area (Å²) in [7, 11) is 0. The van der Waals surface area contributed by atoms with Gasteiger partial charge in [0.25, 0.3) is 0 Å². The molecule has 0 amide bonds. The van der Waals surface area contributed by atoms with Crippen LogP contribution in [0.3, 0.4) is 0 Å². The van der Waals surface area contributed by atoms with Gasteiger partial charge >= 0.3 is 0 Å². The van der Waals surface area contributed by atoms with E-state index in [-0.39, 0.29) is 11.0 Å². The highest BCUT2D eigenvalue weighted by Crippen LogP contribution is 2.64. The summed E-state index contributed by atoms with van der Waals surface area (Å²) < 4.78 is 7.16. The van der Waals surface area contributed by atoms with E-state index in [1.807, 2.05) is 6.08 Å². The van der Waals surface area contributed by atoms with Crippen molar-refractivity contribution >= 4 is 17.4 Å². The molecular formula is C30H44ClNO2. The molecule has 2 saturated carbocycles. The first-order valence-corrected chi connectivity index (χ1v) is 14.7. The summed E-state index contributed by atoms with van der Waals surface area (Å²) in [4.78, 5) is 14.8. The fourth-order valence-corrected chi connectivity index (χ4v) is 10.1. The van der Waals surface area contributed by atoms with Gasteiger partial charge in [-0.2, -0.15) is 0 Å². The molecule has 0 aromatic heterocycles. The lowest BCUT2D eigenvalue weighted by Gasteiger charge is -2.48. The lowest BCUT2D eigenvalue weighted by atomic mass is 9.56. The van der Waals surface area contributed by atoms with Crippen LogP contribution in [0.5, 0.6) is 0 Å². The minimum Gasteiger partial charge on any atom is -0.369 e. The van der Waals surface area contributed by atoms with E-state index in [0.717, 1.165) is 50.0 Å². The van der Waals surface area contributed by atoms with Crippen molar-refractivity contribution in [1.29, 1.82) is 0 Å². The smallest absolute Gasteiger partial charge is 0.155 e. The van der Waals surface area contributed by atoms with Gasteiger partial charge in [0.2, 0.25) is 0 Å². The molecule has 3 nitrogen and oxygen atoms in total. The van der Waals surface area contributed by atoms with Gasteiger partial charge in [0.1, 0.15) is 0 Å². The normalized spacial score (nSPS) is 48.8. The zero-order valence-corrected chi connectivity index (χ0v) is 22.5. The third-order valence-electron chi connectivity index (χ3n) is 11.5. The van der Waals surface area contributed by atoms with Crippen molar-refractivity contribution < 1.29 is 9.53 Å². The van der Waals surface area contributed by atoms with Gasteiger partial charge < -0.3 is 4.74 Å². The largest absolute Gasteiger partial charge is 0.369 e. The first-order chi connectivity index (χ1) is 16.3. The summed E-state index contributed by atoms with van der Waals surface area (Å²) in [5, 5.41) is 0. The summed E-state index contributed by atoms with van der Waals surface area (Å²) >= 11 is 6.23. The number of likely N-dealkylation sites (tertiary alicyclic amines) is 1. The second-order valence-electron chi connectivity index (χ2n) is 13.2. The number of hydrogen-bond donors (Lipinski definition) is 0. The van der Waals surface area contributed by atoms with Crippen molar-refractivity contribution in [3.05, 3.63) is 22.8 Å². The topological polar surface area (TPSA) is 29.5 Å². The number of carbonyl (C=O) groups is 1. The van der Waals surface area contributed by atoms with Crippen molar-refractivity contribution in [1.82, 2.24) is 4.90 Å². The zero-order valence-electron chi connectivity index (χ0n) is 21.7. The van der Waals surface area contributed by atoms with Crippen LogP contribution >= 0.6 is 11.6 Å². The number of fused-ring (bicyclic) bond motifs is 6. The summed E-state index contributed by atoms with van der Waals surface area (Å²) in [5.41, 5.74) is 5.14. The zero-order chi connectivity index (χ0) is 23.8. The van der Waals surface area contributed by atoms with Gasteiger partial charge in [0.15, 0.2) is 5.78 Å². The lowest BCUT2D eigenvalue weighted by molar-refractivity contribution is -0.116. The molecule has 2 aliphatic heterocycles. The maximum absolute atomic E-state index is 12.2. The maximum atomic E-state index is 12.2. The maximum Gasteiger partial charge on any atom is 0.155 e. The second-order valence-corrected chi connectivity index (χ2v) is 13.6. The number of carbonyl (C=O) groups excluding carboxylic acids is 1. The van der Waals surface area contributed by atoms with Gasteiger partial charge in [-0.3, -0.25) is 9.69 Å². The fourth-order valence-electron chi connectivity index (χ4n) is 9.87. The molecule has 0 aromatic carbocycles. The third kappa shape index (κ3) is 3.46. The minimum absolute atomic E-state index is 0.00175. The molecule has 4 fully saturated rings. The van der Waals surface area contributed by atoms with Gasteiger partial charge in [-0.25, -0.2) is 0 Å².